The summed E-state index contributed by atoms with van der Waals surface area (Å²) in [6.45, 7) is 4.57. The van der Waals surface area contributed by atoms with Crippen molar-refractivity contribution in [1.29, 1.82) is 0 Å². The van der Waals surface area contributed by atoms with Crippen LogP contribution in [0.15, 0.2) is 0 Å². The number of ether oxygens (including phenoxy) is 1. The molecule has 6 heteroatoms. The molecule has 92 valence electrons. The minimum Gasteiger partial charge on any atom is -0.469 e. The highest BCUT2D eigenvalue weighted by atomic mass is 16.5. The number of hydrogen-bond donors (Lipinski definition) is 2. The van der Waals surface area contributed by atoms with E-state index in [-0.39, 0.29) is 18.4 Å². The number of hydrogen-bond acceptors (Lipinski definition) is 4. The molecule has 1 saturated heterocycles. The summed E-state index contributed by atoms with van der Waals surface area (Å²) in [4.78, 5) is 24.2. The minimum absolute atomic E-state index is 0.114. The maximum Gasteiger partial charge on any atom is 0.317 e. The fourth-order valence-electron chi connectivity index (χ4n) is 1.60. The molecule has 2 N–H and O–H groups in total. The zero-order valence-electron chi connectivity index (χ0n) is 9.78. The summed E-state index contributed by atoms with van der Waals surface area (Å²) in [6, 6.07) is 0.206. The lowest BCUT2D eigenvalue weighted by Crippen LogP contribution is -2.54. The smallest absolute Gasteiger partial charge is 0.317 e. The Morgan fingerprint density at radius 1 is 1.56 bits per heavy atom. The predicted molar refractivity (Wildman–Crippen MR) is 59.1 cm³/mol. The van der Waals surface area contributed by atoms with Crippen molar-refractivity contribution in [2.75, 3.05) is 33.3 Å². The van der Waals surface area contributed by atoms with Crippen LogP contribution >= 0.6 is 0 Å². The first-order chi connectivity index (χ1) is 7.63. The monoisotopic (exact) mass is 229 g/mol. The van der Waals surface area contributed by atoms with Crippen LogP contribution in [-0.4, -0.2) is 56.2 Å². The third-order valence-corrected chi connectivity index (χ3v) is 2.49. The number of nitrogens with zero attached hydrogens (tertiary/aromatic N) is 1. The molecule has 2 amide bonds. The van der Waals surface area contributed by atoms with E-state index in [0.29, 0.717) is 25.7 Å². The number of carbonyl (C=O) groups is 2. The minimum atomic E-state index is -0.311. The summed E-state index contributed by atoms with van der Waals surface area (Å²) in [5.74, 6) is -0.311. The van der Waals surface area contributed by atoms with E-state index in [0.717, 1.165) is 6.54 Å². The molecule has 0 saturated carbocycles. The maximum atomic E-state index is 11.6. The van der Waals surface area contributed by atoms with Gasteiger partial charge in [-0.3, -0.25) is 4.79 Å². The Balaban J connectivity index is 2.21. The van der Waals surface area contributed by atoms with Gasteiger partial charge in [-0.1, -0.05) is 0 Å². The van der Waals surface area contributed by atoms with Gasteiger partial charge >= 0.3 is 12.0 Å². The van der Waals surface area contributed by atoms with Crippen LogP contribution in [0.4, 0.5) is 4.79 Å². The Morgan fingerprint density at radius 2 is 2.31 bits per heavy atom. The first kappa shape index (κ1) is 12.8. The van der Waals surface area contributed by atoms with E-state index in [1.54, 1.807) is 4.90 Å². The van der Waals surface area contributed by atoms with E-state index in [4.69, 9.17) is 0 Å². The van der Waals surface area contributed by atoms with Crippen molar-refractivity contribution in [1.82, 2.24) is 15.5 Å². The Labute approximate surface area is 95.3 Å². The quantitative estimate of drug-likeness (QED) is 0.643. The molecule has 1 fully saturated rings. The van der Waals surface area contributed by atoms with E-state index in [9.17, 15) is 9.59 Å². The van der Waals surface area contributed by atoms with Gasteiger partial charge in [-0.2, -0.15) is 0 Å². The van der Waals surface area contributed by atoms with Crippen LogP contribution in [0.1, 0.15) is 13.3 Å². The highest BCUT2D eigenvalue weighted by Gasteiger charge is 2.19. The van der Waals surface area contributed by atoms with Gasteiger partial charge in [0.05, 0.1) is 13.5 Å². The van der Waals surface area contributed by atoms with Crippen molar-refractivity contribution >= 4 is 12.0 Å². The molecule has 1 aliphatic heterocycles. The van der Waals surface area contributed by atoms with Crippen LogP contribution in [-0.2, 0) is 9.53 Å². The average molecular weight is 229 g/mol. The molecule has 0 radical (unpaired) electrons. The van der Waals surface area contributed by atoms with Crippen molar-refractivity contribution in [3.05, 3.63) is 0 Å². The number of esters is 1. The number of rotatable bonds is 3. The van der Waals surface area contributed by atoms with Gasteiger partial charge in [0.2, 0.25) is 0 Å². The van der Waals surface area contributed by atoms with Crippen LogP contribution in [0.5, 0.6) is 0 Å². The highest BCUT2D eigenvalue weighted by Crippen LogP contribution is 1.98. The molecule has 0 bridgehead atoms. The van der Waals surface area contributed by atoms with Crippen molar-refractivity contribution < 1.29 is 14.3 Å². The Hall–Kier alpha value is -1.30. The van der Waals surface area contributed by atoms with Gasteiger partial charge in [0, 0.05) is 32.2 Å². The summed E-state index contributed by atoms with van der Waals surface area (Å²) < 4.78 is 4.48. The lowest BCUT2D eigenvalue weighted by molar-refractivity contribution is -0.140. The number of piperazine rings is 1. The Bertz CT molecular complexity index is 258. The molecule has 16 heavy (non-hydrogen) atoms. The average Bonchev–Trinajstić information content (AvgIpc) is 2.28. The van der Waals surface area contributed by atoms with E-state index in [2.05, 4.69) is 15.4 Å². The van der Waals surface area contributed by atoms with Gasteiger partial charge in [-0.25, -0.2) is 4.79 Å². The van der Waals surface area contributed by atoms with Gasteiger partial charge in [-0.05, 0) is 6.92 Å². The van der Waals surface area contributed by atoms with Gasteiger partial charge < -0.3 is 20.3 Å². The van der Waals surface area contributed by atoms with E-state index in [1.165, 1.54) is 7.11 Å². The number of carbonyl (C=O) groups excluding carboxylic acids is 2. The third kappa shape index (κ3) is 4.06. The molecule has 6 nitrogen and oxygen atoms in total. The van der Waals surface area contributed by atoms with Crippen LogP contribution in [0.3, 0.4) is 0 Å². The first-order valence-electron chi connectivity index (χ1n) is 5.46. The van der Waals surface area contributed by atoms with Crippen LogP contribution < -0.4 is 10.6 Å². The standard InChI is InChI=1S/C10H19N3O3/c1-8-7-13(6-5-11-8)10(15)12-4-3-9(14)16-2/h8,11H,3-7H2,1-2H3,(H,12,15). The molecule has 0 aromatic rings. The fraction of sp³-hybridized carbons (Fsp3) is 0.800. The molecule has 1 aliphatic rings. The molecule has 1 unspecified atom stereocenters. The summed E-state index contributed by atoms with van der Waals surface area (Å²) in [6.07, 6.45) is 0.212. The van der Waals surface area contributed by atoms with E-state index >= 15 is 0 Å². The van der Waals surface area contributed by atoms with Crippen molar-refractivity contribution in [3.63, 3.8) is 0 Å². The summed E-state index contributed by atoms with van der Waals surface area (Å²) in [5, 5.41) is 5.95. The molecule has 1 rings (SSSR count). The number of urea groups is 1. The lowest BCUT2D eigenvalue weighted by atomic mass is 10.2. The molecule has 0 aliphatic carbocycles. The number of nitrogens with one attached hydrogen (secondary N) is 2. The normalized spacial score (nSPS) is 20.4. The Morgan fingerprint density at radius 3 is 2.94 bits per heavy atom. The largest absolute Gasteiger partial charge is 0.469 e. The topological polar surface area (TPSA) is 70.7 Å². The van der Waals surface area contributed by atoms with Gasteiger partial charge in [-0.15, -0.1) is 0 Å². The summed E-state index contributed by atoms with van der Waals surface area (Å²) in [5.41, 5.74) is 0. The second kappa shape index (κ2) is 6.32. The molecular weight excluding hydrogens is 210 g/mol. The molecule has 0 aromatic carbocycles. The van der Waals surface area contributed by atoms with Crippen molar-refractivity contribution in [2.24, 2.45) is 0 Å². The summed E-state index contributed by atoms with van der Waals surface area (Å²) >= 11 is 0. The van der Waals surface area contributed by atoms with Gasteiger partial charge in [0.15, 0.2) is 0 Å². The maximum absolute atomic E-state index is 11.6. The SMILES string of the molecule is COC(=O)CCNC(=O)N1CCNC(C)C1. The second-order valence-electron chi connectivity index (χ2n) is 3.86. The molecular formula is C10H19N3O3. The van der Waals surface area contributed by atoms with E-state index < -0.39 is 0 Å². The highest BCUT2D eigenvalue weighted by molar-refractivity contribution is 5.75. The first-order valence-corrected chi connectivity index (χ1v) is 5.46. The molecule has 0 spiro atoms. The Kier molecular flexibility index (Phi) is 5.04. The molecule has 1 atom stereocenters. The summed E-state index contributed by atoms with van der Waals surface area (Å²) in [7, 11) is 1.34. The third-order valence-electron chi connectivity index (χ3n) is 2.49. The number of methoxy groups -OCH3 is 1. The zero-order chi connectivity index (χ0) is 12.0. The van der Waals surface area contributed by atoms with Crippen LogP contribution in [0.25, 0.3) is 0 Å². The van der Waals surface area contributed by atoms with Crippen LogP contribution in [0, 0.1) is 0 Å². The number of amides is 2. The van der Waals surface area contributed by atoms with Crippen LogP contribution in [0.2, 0.25) is 0 Å². The predicted octanol–water partition coefficient (Wildman–Crippen LogP) is -0.447. The van der Waals surface area contributed by atoms with Crippen molar-refractivity contribution in [2.45, 2.75) is 19.4 Å². The fourth-order valence-corrected chi connectivity index (χ4v) is 1.60. The van der Waals surface area contributed by atoms with Crippen molar-refractivity contribution in [3.8, 4) is 0 Å². The zero-order valence-corrected chi connectivity index (χ0v) is 9.78. The molecule has 1 heterocycles. The van der Waals surface area contributed by atoms with Gasteiger partial charge in [0.25, 0.3) is 0 Å². The lowest BCUT2D eigenvalue weighted by Gasteiger charge is -2.31. The molecule has 0 aromatic heterocycles. The second-order valence-corrected chi connectivity index (χ2v) is 3.86. The van der Waals surface area contributed by atoms with Gasteiger partial charge in [0.1, 0.15) is 0 Å². The van der Waals surface area contributed by atoms with E-state index in [1.807, 2.05) is 6.92 Å².